The molecule has 0 fully saturated rings. The van der Waals surface area contributed by atoms with Crippen LogP contribution >= 0.6 is 0 Å². The van der Waals surface area contributed by atoms with Crippen LogP contribution in [0.3, 0.4) is 0 Å². The first-order valence-electron chi connectivity index (χ1n) is 0.926. The molecule has 0 N–H and O–H groups in total. The summed E-state index contributed by atoms with van der Waals surface area (Å²) in [6, 6.07) is 0. The van der Waals surface area contributed by atoms with Crippen molar-refractivity contribution >= 4 is 0 Å². The van der Waals surface area contributed by atoms with E-state index >= 15 is 0 Å². The molecule has 0 saturated carbocycles. The Balaban J connectivity index is -0.0000000720. The second-order valence-corrected chi connectivity index (χ2v) is 1.13. The molecule has 0 aromatic carbocycles. The summed E-state index contributed by atoms with van der Waals surface area (Å²) >= 11 is 0. The van der Waals surface area contributed by atoms with Gasteiger partial charge in [0.2, 0.25) is 0 Å². The molecule has 0 bridgehead atoms. The Kier molecular flexibility index (Phi) is 22.2. The Morgan fingerprint density at radius 2 is 0.556 bits per heavy atom. The van der Waals surface area contributed by atoms with Crippen LogP contribution in [-0.2, 0) is 27.3 Å². The van der Waals surface area contributed by atoms with Crippen molar-refractivity contribution in [2.24, 2.45) is 0 Å². The topological polar surface area (TPSA) is 138 Å². The van der Waals surface area contributed by atoms with Crippen LogP contribution in [0.4, 0.5) is 0 Å². The average Bonchev–Trinajstić information content (AvgIpc) is 1.25. The summed E-state index contributed by atoms with van der Waals surface area (Å²) in [5.74, 6) is 0. The maximum Gasteiger partial charge on any atom is 2.00 e. The molecule has 0 aliphatic heterocycles. The van der Waals surface area contributed by atoms with Crippen molar-refractivity contribution in [3.8, 4) is 0 Å². The molecule has 9 heteroatoms. The molecule has 0 radical (unpaired) electrons. The van der Waals surface area contributed by atoms with Gasteiger partial charge in [-0.1, -0.05) is 0 Å². The minimum atomic E-state index is -2.85. The molecular weight excluding hydrogens is 279 g/mol. The third-order valence-electron chi connectivity index (χ3n) is 0. The summed E-state index contributed by atoms with van der Waals surface area (Å²) < 4.78 is 50.4. The summed E-state index contributed by atoms with van der Waals surface area (Å²) in [6.07, 6.45) is 0. The average molecular weight is 279 g/mol. The monoisotopic (exact) mass is 280 g/mol. The Bertz CT molecular complexity index is 26.5. The van der Waals surface area contributed by atoms with Gasteiger partial charge >= 0.3 is 27.3 Å². The Morgan fingerprint density at radius 1 is 0.556 bits per heavy atom. The molecule has 0 aromatic heterocycles. The Hall–Kier alpha value is 1.26. The van der Waals surface area contributed by atoms with Crippen LogP contribution in [0, 0.1) is 21.6 Å². The van der Waals surface area contributed by atoms with Crippen LogP contribution < -0.4 is 28.0 Å². The van der Waals surface area contributed by atoms with Gasteiger partial charge in [-0.25, -0.2) is 0 Å². The molecule has 0 aliphatic carbocycles. The quantitative estimate of drug-likeness (QED) is 0.404. The molecule has 0 unspecified atom stereocenters. The molecule has 9 heavy (non-hydrogen) atoms. The van der Waals surface area contributed by atoms with Crippen molar-refractivity contribution in [2.45, 2.75) is 0 Å². The van der Waals surface area contributed by atoms with E-state index in [4.69, 9.17) is 28.0 Å². The van der Waals surface area contributed by atoms with Crippen molar-refractivity contribution in [1.82, 2.24) is 0 Å². The first-order chi connectivity index (χ1) is 3.46. The molecule has 0 spiro atoms. The summed E-state index contributed by atoms with van der Waals surface area (Å²) in [6.45, 7) is 0. The van der Waals surface area contributed by atoms with Crippen LogP contribution in [0.5, 0.6) is 0 Å². The van der Waals surface area contributed by atoms with Gasteiger partial charge in [0.15, 0.2) is 0 Å². The number of hydrogen-bond acceptors (Lipinski definition) is 6. The van der Waals surface area contributed by atoms with E-state index in [9.17, 15) is 0 Å². The summed E-state index contributed by atoms with van der Waals surface area (Å²) in [5, 5.41) is 0. The molecule has 0 aliphatic rings. The van der Waals surface area contributed by atoms with Crippen molar-refractivity contribution in [1.29, 1.82) is 0 Å². The van der Waals surface area contributed by atoms with Crippen LogP contribution in [0.15, 0.2) is 0 Å². The van der Waals surface area contributed by atoms with Gasteiger partial charge in [-0.05, 0) is 0 Å². The molecular formula is CdCl2O6. The third kappa shape index (κ3) is 307. The standard InChI is InChI=1S/Cd.2ClO3/c;2*2-1(3)4/q+2;2*-1. The largest absolute Gasteiger partial charge is 2.00 e. The molecule has 0 saturated heterocycles. The normalized spacial score (nSPS) is 8.00. The van der Waals surface area contributed by atoms with Gasteiger partial charge in [0.1, 0.15) is 0 Å². The summed E-state index contributed by atoms with van der Waals surface area (Å²) in [5.41, 5.74) is 0. The fourth-order valence-electron chi connectivity index (χ4n) is 0. The fraction of sp³-hybridized carbons (Fsp3) is 0. The molecule has 0 heterocycles. The van der Waals surface area contributed by atoms with Gasteiger partial charge in [0.25, 0.3) is 0 Å². The van der Waals surface area contributed by atoms with Crippen LogP contribution in [-0.4, -0.2) is 0 Å². The molecule has 0 amide bonds. The van der Waals surface area contributed by atoms with E-state index < -0.39 is 21.6 Å². The second kappa shape index (κ2) is 12.0. The van der Waals surface area contributed by atoms with Crippen molar-refractivity contribution in [3.05, 3.63) is 0 Å². The van der Waals surface area contributed by atoms with Crippen molar-refractivity contribution < 1.29 is 76.8 Å². The van der Waals surface area contributed by atoms with Gasteiger partial charge < -0.3 is 28.0 Å². The van der Waals surface area contributed by atoms with E-state index in [0.717, 1.165) is 0 Å². The van der Waals surface area contributed by atoms with Gasteiger partial charge in [-0.2, -0.15) is 0 Å². The van der Waals surface area contributed by atoms with Crippen LogP contribution in [0.25, 0.3) is 0 Å². The van der Waals surface area contributed by atoms with E-state index in [1.165, 1.54) is 0 Å². The van der Waals surface area contributed by atoms with Gasteiger partial charge in [-0.3, -0.25) is 0 Å². The fourth-order valence-corrected chi connectivity index (χ4v) is 0. The Labute approximate surface area is 76.7 Å². The molecule has 0 atom stereocenters. The maximum atomic E-state index is 8.41. The molecule has 52 valence electrons. The third-order valence-corrected chi connectivity index (χ3v) is 0. The Morgan fingerprint density at radius 3 is 0.556 bits per heavy atom. The zero-order valence-corrected chi connectivity index (χ0v) is 9.46. The molecule has 0 rings (SSSR count). The zero-order valence-electron chi connectivity index (χ0n) is 3.91. The molecule has 0 aromatic rings. The van der Waals surface area contributed by atoms with E-state index in [2.05, 4.69) is 0 Å². The van der Waals surface area contributed by atoms with E-state index in [1.807, 2.05) is 0 Å². The van der Waals surface area contributed by atoms with Gasteiger partial charge in [0.05, 0.1) is 21.6 Å². The van der Waals surface area contributed by atoms with Crippen molar-refractivity contribution in [2.75, 3.05) is 0 Å². The van der Waals surface area contributed by atoms with Gasteiger partial charge in [-0.15, -0.1) is 0 Å². The summed E-state index contributed by atoms with van der Waals surface area (Å²) in [4.78, 5) is 0. The minimum absolute atomic E-state index is 0. The van der Waals surface area contributed by atoms with E-state index in [0.29, 0.717) is 0 Å². The number of rotatable bonds is 0. The second-order valence-electron chi connectivity index (χ2n) is 0.378. The smallest absolute Gasteiger partial charge is 0.357 e. The molecule has 6 nitrogen and oxygen atoms in total. The van der Waals surface area contributed by atoms with E-state index in [1.54, 1.807) is 0 Å². The summed E-state index contributed by atoms with van der Waals surface area (Å²) in [7, 11) is -5.70. The zero-order chi connectivity index (χ0) is 7.15. The predicted octanol–water partition coefficient (Wildman–Crippen LogP) is -7.14. The van der Waals surface area contributed by atoms with Crippen molar-refractivity contribution in [3.63, 3.8) is 0 Å². The SMILES string of the molecule is [Cd+2].[O-][Cl+2]([O-])[O-].[O-][Cl+2]([O-])[O-]. The minimum Gasteiger partial charge on any atom is -0.357 e. The van der Waals surface area contributed by atoms with Crippen LogP contribution in [0.2, 0.25) is 0 Å². The van der Waals surface area contributed by atoms with Crippen LogP contribution in [0.1, 0.15) is 0 Å². The van der Waals surface area contributed by atoms with E-state index in [-0.39, 0.29) is 27.3 Å². The van der Waals surface area contributed by atoms with Gasteiger partial charge in [0, 0.05) is 0 Å². The predicted molar refractivity (Wildman–Crippen MR) is 0 cm³/mol. The number of hydrogen-bond donors (Lipinski definition) is 0. The number of halogens is 2. The first kappa shape index (κ1) is 16.7. The maximum absolute atomic E-state index is 8.41. The first-order valence-corrected chi connectivity index (χ1v) is 2.78.